The zero-order valence-electron chi connectivity index (χ0n) is 15.4. The second-order valence-electron chi connectivity index (χ2n) is 6.41. The summed E-state index contributed by atoms with van der Waals surface area (Å²) in [6, 6.07) is 16.6. The van der Waals surface area contributed by atoms with E-state index in [1.165, 1.54) is 36.4 Å². The van der Waals surface area contributed by atoms with Gasteiger partial charge in [0, 0.05) is 16.9 Å². The maximum Gasteiger partial charge on any atom is 0.261 e. The molecule has 3 rings (SSSR count). The van der Waals surface area contributed by atoms with E-state index in [4.69, 9.17) is 0 Å². The summed E-state index contributed by atoms with van der Waals surface area (Å²) in [6.07, 6.45) is 0. The average molecular weight is 398 g/mol. The first-order chi connectivity index (χ1) is 13.2. The van der Waals surface area contributed by atoms with Gasteiger partial charge in [-0.3, -0.25) is 9.52 Å². The summed E-state index contributed by atoms with van der Waals surface area (Å²) in [7, 11) is -3.86. The van der Waals surface area contributed by atoms with Gasteiger partial charge in [0.15, 0.2) is 0 Å². The van der Waals surface area contributed by atoms with Crippen LogP contribution in [0, 0.1) is 19.7 Å². The van der Waals surface area contributed by atoms with Crippen LogP contribution < -0.4 is 10.0 Å². The average Bonchev–Trinajstić information content (AvgIpc) is 2.65. The van der Waals surface area contributed by atoms with Gasteiger partial charge in [0.25, 0.3) is 15.9 Å². The Hall–Kier alpha value is -3.19. The molecule has 0 aliphatic heterocycles. The molecule has 5 nitrogen and oxygen atoms in total. The van der Waals surface area contributed by atoms with Crippen LogP contribution in [0.25, 0.3) is 0 Å². The van der Waals surface area contributed by atoms with Gasteiger partial charge in [0.1, 0.15) is 5.82 Å². The molecule has 2 N–H and O–H groups in total. The van der Waals surface area contributed by atoms with Crippen LogP contribution in [0.4, 0.5) is 15.8 Å². The van der Waals surface area contributed by atoms with Crippen LogP contribution in [0.3, 0.4) is 0 Å². The fourth-order valence-corrected chi connectivity index (χ4v) is 3.66. The van der Waals surface area contributed by atoms with Gasteiger partial charge < -0.3 is 5.32 Å². The Labute approximate surface area is 163 Å². The molecule has 7 heteroatoms. The van der Waals surface area contributed by atoms with Gasteiger partial charge in [-0.05, 0) is 67.9 Å². The van der Waals surface area contributed by atoms with Crippen molar-refractivity contribution in [2.75, 3.05) is 10.0 Å². The van der Waals surface area contributed by atoms with Crippen LogP contribution in [0.1, 0.15) is 21.5 Å². The van der Waals surface area contributed by atoms with Crippen LogP contribution in [-0.4, -0.2) is 14.3 Å². The molecule has 0 aromatic heterocycles. The maximum atomic E-state index is 13.0. The van der Waals surface area contributed by atoms with E-state index in [2.05, 4.69) is 10.0 Å². The lowest BCUT2D eigenvalue weighted by Crippen LogP contribution is -2.17. The van der Waals surface area contributed by atoms with Gasteiger partial charge in [-0.15, -0.1) is 0 Å². The summed E-state index contributed by atoms with van der Waals surface area (Å²) in [5.74, 6) is -0.888. The van der Waals surface area contributed by atoms with Crippen LogP contribution in [0.5, 0.6) is 0 Å². The van der Waals surface area contributed by atoms with E-state index in [0.717, 1.165) is 5.56 Å². The molecule has 28 heavy (non-hydrogen) atoms. The van der Waals surface area contributed by atoms with E-state index in [-0.39, 0.29) is 10.5 Å². The van der Waals surface area contributed by atoms with Crippen LogP contribution >= 0.6 is 0 Å². The van der Waals surface area contributed by atoms with Crippen molar-refractivity contribution in [1.29, 1.82) is 0 Å². The molecule has 0 aliphatic rings. The summed E-state index contributed by atoms with van der Waals surface area (Å²) >= 11 is 0. The van der Waals surface area contributed by atoms with Crippen molar-refractivity contribution >= 4 is 27.3 Å². The van der Waals surface area contributed by atoms with Crippen molar-refractivity contribution in [3.05, 3.63) is 89.2 Å². The van der Waals surface area contributed by atoms with Crippen LogP contribution in [0.15, 0.2) is 71.6 Å². The number of rotatable bonds is 5. The van der Waals surface area contributed by atoms with E-state index in [0.29, 0.717) is 16.9 Å². The quantitative estimate of drug-likeness (QED) is 0.665. The van der Waals surface area contributed by atoms with Crippen molar-refractivity contribution in [1.82, 2.24) is 0 Å². The fraction of sp³-hybridized carbons (Fsp3) is 0.0952. The molecule has 144 valence electrons. The molecule has 0 aliphatic carbocycles. The third-order valence-corrected chi connectivity index (χ3v) is 5.55. The molecule has 0 heterocycles. The number of nitrogens with one attached hydrogen (secondary N) is 2. The van der Waals surface area contributed by atoms with Gasteiger partial charge >= 0.3 is 0 Å². The Kier molecular flexibility index (Phi) is 5.46. The molecule has 0 spiro atoms. The van der Waals surface area contributed by atoms with Crippen molar-refractivity contribution in [2.24, 2.45) is 0 Å². The predicted molar refractivity (Wildman–Crippen MR) is 108 cm³/mol. The number of aryl methyl sites for hydroxylation is 2. The van der Waals surface area contributed by atoms with Gasteiger partial charge in [0.05, 0.1) is 4.90 Å². The van der Waals surface area contributed by atoms with Crippen LogP contribution in [0.2, 0.25) is 0 Å². The fourth-order valence-electron chi connectivity index (χ4n) is 2.58. The molecule has 0 saturated heterocycles. The highest BCUT2D eigenvalue weighted by Gasteiger charge is 2.18. The lowest BCUT2D eigenvalue weighted by Gasteiger charge is -2.12. The number of hydrogen-bond acceptors (Lipinski definition) is 3. The van der Waals surface area contributed by atoms with Crippen molar-refractivity contribution in [3.8, 4) is 0 Å². The molecule has 0 bridgehead atoms. The Balaban J connectivity index is 1.86. The molecule has 0 fully saturated rings. The number of benzene rings is 3. The lowest BCUT2D eigenvalue weighted by molar-refractivity contribution is 0.102. The molecule has 0 atom stereocenters. The Morgan fingerprint density at radius 1 is 0.857 bits per heavy atom. The van der Waals surface area contributed by atoms with Gasteiger partial charge in [-0.25, -0.2) is 12.8 Å². The topological polar surface area (TPSA) is 75.3 Å². The smallest absolute Gasteiger partial charge is 0.261 e. The second-order valence-corrected chi connectivity index (χ2v) is 8.09. The SMILES string of the molecule is Cc1ccc(NS(=O)(=O)c2ccc(C)c(C(=O)Nc3ccc(F)cc3)c2)cc1. The first-order valence-corrected chi connectivity index (χ1v) is 10.00. The minimum Gasteiger partial charge on any atom is -0.322 e. The molecular formula is C21H19FN2O3S. The van der Waals surface area contributed by atoms with Crippen molar-refractivity contribution < 1.29 is 17.6 Å². The predicted octanol–water partition coefficient (Wildman–Crippen LogP) is 4.50. The van der Waals surface area contributed by atoms with Gasteiger partial charge in [-0.1, -0.05) is 23.8 Å². The number of carbonyl (C=O) groups is 1. The number of anilines is 2. The Morgan fingerprint density at radius 2 is 1.46 bits per heavy atom. The molecule has 0 radical (unpaired) electrons. The highest BCUT2D eigenvalue weighted by Crippen LogP contribution is 2.21. The Morgan fingerprint density at radius 3 is 2.11 bits per heavy atom. The normalized spacial score (nSPS) is 11.1. The molecule has 0 unspecified atom stereocenters. The summed E-state index contributed by atoms with van der Waals surface area (Å²) in [5, 5.41) is 2.64. The number of hydrogen-bond donors (Lipinski definition) is 2. The Bertz CT molecular complexity index is 1110. The summed E-state index contributed by atoms with van der Waals surface area (Å²) < 4.78 is 40.9. The zero-order chi connectivity index (χ0) is 20.3. The molecule has 3 aromatic carbocycles. The molecule has 3 aromatic rings. The summed E-state index contributed by atoms with van der Waals surface area (Å²) in [5.41, 5.74) is 2.70. The highest BCUT2D eigenvalue weighted by molar-refractivity contribution is 7.92. The third-order valence-electron chi connectivity index (χ3n) is 4.17. The highest BCUT2D eigenvalue weighted by atomic mass is 32.2. The molecule has 1 amide bonds. The second kappa shape index (κ2) is 7.82. The van der Waals surface area contributed by atoms with E-state index in [1.807, 2.05) is 6.92 Å². The number of halogens is 1. The number of sulfonamides is 1. The lowest BCUT2D eigenvalue weighted by atomic mass is 10.1. The maximum absolute atomic E-state index is 13.0. The summed E-state index contributed by atoms with van der Waals surface area (Å²) in [4.78, 5) is 12.5. The van der Waals surface area contributed by atoms with E-state index < -0.39 is 21.7 Å². The standard InChI is InChI=1S/C21H19FN2O3S/c1-14-3-8-18(9-4-14)24-28(26,27)19-12-5-15(2)20(13-19)21(25)23-17-10-6-16(22)7-11-17/h3-13,24H,1-2H3,(H,23,25). The largest absolute Gasteiger partial charge is 0.322 e. The minimum absolute atomic E-state index is 0.0251. The minimum atomic E-state index is -3.86. The first kappa shape index (κ1) is 19.6. The van der Waals surface area contributed by atoms with Crippen LogP contribution in [-0.2, 0) is 10.0 Å². The van der Waals surface area contributed by atoms with Crippen molar-refractivity contribution in [2.45, 2.75) is 18.7 Å². The van der Waals surface area contributed by atoms with Crippen molar-refractivity contribution in [3.63, 3.8) is 0 Å². The summed E-state index contributed by atoms with van der Waals surface area (Å²) in [6.45, 7) is 3.62. The van der Waals surface area contributed by atoms with Gasteiger partial charge in [-0.2, -0.15) is 0 Å². The number of amides is 1. The van der Waals surface area contributed by atoms with Gasteiger partial charge in [0.2, 0.25) is 0 Å². The first-order valence-electron chi connectivity index (χ1n) is 8.52. The molecular weight excluding hydrogens is 379 g/mol. The molecule has 0 saturated carbocycles. The zero-order valence-corrected chi connectivity index (χ0v) is 16.2. The third kappa shape index (κ3) is 4.55. The van der Waals surface area contributed by atoms with E-state index in [9.17, 15) is 17.6 Å². The van der Waals surface area contributed by atoms with E-state index in [1.54, 1.807) is 37.3 Å². The monoisotopic (exact) mass is 398 g/mol. The van der Waals surface area contributed by atoms with E-state index >= 15 is 0 Å². The number of carbonyl (C=O) groups excluding carboxylic acids is 1.